The molecule has 2 aliphatic rings. The molecular formula is C27H38ClN3O3S. The van der Waals surface area contributed by atoms with Crippen molar-refractivity contribution in [1.29, 1.82) is 0 Å². The van der Waals surface area contributed by atoms with Gasteiger partial charge >= 0.3 is 0 Å². The summed E-state index contributed by atoms with van der Waals surface area (Å²) in [5.74, 6) is 1.20. The quantitative estimate of drug-likeness (QED) is 0.512. The number of hydrogen-bond donors (Lipinski definition) is 1. The molecule has 35 heavy (non-hydrogen) atoms. The number of halogens is 1. The lowest BCUT2D eigenvalue weighted by molar-refractivity contribution is -0.128. The highest BCUT2D eigenvalue weighted by Crippen LogP contribution is 2.41. The van der Waals surface area contributed by atoms with E-state index in [0.29, 0.717) is 13.0 Å². The molecule has 192 valence electrons. The lowest BCUT2D eigenvalue weighted by Crippen LogP contribution is -2.43. The van der Waals surface area contributed by atoms with Crippen LogP contribution in [0.3, 0.4) is 0 Å². The number of likely N-dealkylation sites (tertiary alicyclic amines) is 2. The number of hydrogen-bond acceptors (Lipinski definition) is 5. The third-order valence-electron chi connectivity index (χ3n) is 7.37. The van der Waals surface area contributed by atoms with Crippen LogP contribution in [0.2, 0.25) is 0 Å². The van der Waals surface area contributed by atoms with Crippen molar-refractivity contribution in [2.45, 2.75) is 52.1 Å². The molecule has 0 saturated carbocycles. The van der Waals surface area contributed by atoms with Gasteiger partial charge in [-0.2, -0.15) is 11.3 Å². The zero-order valence-corrected chi connectivity index (χ0v) is 22.6. The van der Waals surface area contributed by atoms with Gasteiger partial charge in [0.2, 0.25) is 11.8 Å². The van der Waals surface area contributed by atoms with Crippen LogP contribution in [0.5, 0.6) is 5.75 Å². The van der Waals surface area contributed by atoms with Gasteiger partial charge in [0, 0.05) is 32.0 Å². The average Bonchev–Trinajstić information content (AvgIpc) is 3.47. The first kappa shape index (κ1) is 27.5. The Balaban J connectivity index is 0.00000342. The predicted octanol–water partition coefficient (Wildman–Crippen LogP) is 4.90. The minimum absolute atomic E-state index is 0. The van der Waals surface area contributed by atoms with Crippen LogP contribution in [0, 0.1) is 11.3 Å². The maximum Gasteiger partial charge on any atom is 0.223 e. The van der Waals surface area contributed by atoms with Gasteiger partial charge in [0.15, 0.2) is 0 Å². The van der Waals surface area contributed by atoms with Gasteiger partial charge in [-0.3, -0.25) is 9.59 Å². The first-order valence-corrected chi connectivity index (χ1v) is 13.3. The van der Waals surface area contributed by atoms with E-state index >= 15 is 0 Å². The summed E-state index contributed by atoms with van der Waals surface area (Å²) in [6, 6.07) is 10.2. The molecule has 8 heteroatoms. The number of nitrogens with one attached hydrogen (secondary N) is 1. The number of piperidine rings is 1. The van der Waals surface area contributed by atoms with Crippen LogP contribution >= 0.6 is 23.7 Å². The Morgan fingerprint density at radius 3 is 2.49 bits per heavy atom. The van der Waals surface area contributed by atoms with Crippen molar-refractivity contribution in [1.82, 2.24) is 15.1 Å². The van der Waals surface area contributed by atoms with Crippen molar-refractivity contribution >= 4 is 35.6 Å². The van der Waals surface area contributed by atoms with Gasteiger partial charge in [0.25, 0.3) is 0 Å². The van der Waals surface area contributed by atoms with Gasteiger partial charge < -0.3 is 19.9 Å². The van der Waals surface area contributed by atoms with Crippen LogP contribution < -0.4 is 10.1 Å². The monoisotopic (exact) mass is 519 g/mol. The number of methoxy groups -OCH3 is 1. The first-order chi connectivity index (χ1) is 16.4. The van der Waals surface area contributed by atoms with Crippen LogP contribution in [-0.2, 0) is 16.1 Å². The molecule has 2 amide bonds. The molecule has 2 aromatic rings. The molecule has 1 spiro atoms. The molecule has 6 nitrogen and oxygen atoms in total. The molecule has 4 rings (SSSR count). The topological polar surface area (TPSA) is 61.9 Å². The Morgan fingerprint density at radius 1 is 1.17 bits per heavy atom. The molecule has 0 unspecified atom stereocenters. The molecule has 0 bridgehead atoms. The first-order valence-electron chi connectivity index (χ1n) is 12.3. The van der Waals surface area contributed by atoms with E-state index in [1.54, 1.807) is 18.4 Å². The molecule has 0 radical (unpaired) electrons. The Morgan fingerprint density at radius 2 is 1.89 bits per heavy atom. The van der Waals surface area contributed by atoms with Gasteiger partial charge in [-0.1, -0.05) is 26.0 Å². The van der Waals surface area contributed by atoms with Crippen molar-refractivity contribution in [3.05, 3.63) is 52.2 Å². The van der Waals surface area contributed by atoms with Crippen molar-refractivity contribution in [3.63, 3.8) is 0 Å². The number of carbonyl (C=O) groups is 2. The normalized spacial score (nSPS) is 18.5. The predicted molar refractivity (Wildman–Crippen MR) is 143 cm³/mol. The summed E-state index contributed by atoms with van der Waals surface area (Å²) in [4.78, 5) is 29.7. The van der Waals surface area contributed by atoms with Crippen LogP contribution in [0.25, 0.3) is 0 Å². The largest absolute Gasteiger partial charge is 0.497 e. The Kier molecular flexibility index (Phi) is 9.62. The smallest absolute Gasteiger partial charge is 0.223 e. The molecule has 1 aromatic heterocycles. The third-order valence-corrected chi connectivity index (χ3v) is 8.08. The maximum atomic E-state index is 12.8. The van der Waals surface area contributed by atoms with Crippen molar-refractivity contribution in [3.8, 4) is 5.75 Å². The Bertz CT molecular complexity index is 957. The van der Waals surface area contributed by atoms with Crippen LogP contribution in [0.1, 0.15) is 56.7 Å². The lowest BCUT2D eigenvalue weighted by Gasteiger charge is -2.39. The number of benzene rings is 1. The summed E-state index contributed by atoms with van der Waals surface area (Å²) in [5.41, 5.74) is 2.45. The molecule has 2 aliphatic heterocycles. The Labute approximate surface area is 219 Å². The lowest BCUT2D eigenvalue weighted by atomic mass is 9.77. The van der Waals surface area contributed by atoms with E-state index in [2.05, 4.69) is 27.0 Å². The fraction of sp³-hybridized carbons (Fsp3) is 0.556. The SMILES string of the molecule is COc1ccc(CN2CC3(CCN(CC[C@H](NC(=O)C(C)C)c4ccsc4)CC3)CC2=O)cc1.Cl. The summed E-state index contributed by atoms with van der Waals surface area (Å²) >= 11 is 1.67. The number of ether oxygens (including phenoxy) is 1. The highest BCUT2D eigenvalue weighted by molar-refractivity contribution is 7.08. The molecule has 0 aliphatic carbocycles. The standard InChI is InChI=1S/C27H37N3O3S.ClH/c1-20(2)26(32)28-24(22-9-15-34-18-22)8-12-29-13-10-27(11-14-29)16-25(31)30(19-27)17-21-4-6-23(33-3)7-5-21;/h4-7,9,15,18,20,24H,8,10-14,16-17,19H2,1-3H3,(H,28,32);1H/t24-;/m0./s1. The summed E-state index contributed by atoms with van der Waals surface area (Å²) in [5, 5.41) is 7.44. The second-order valence-electron chi connectivity index (χ2n) is 10.2. The van der Waals surface area contributed by atoms with Crippen LogP contribution in [0.4, 0.5) is 0 Å². The highest BCUT2D eigenvalue weighted by atomic mass is 35.5. The van der Waals surface area contributed by atoms with Crippen LogP contribution in [0.15, 0.2) is 41.1 Å². The molecule has 1 atom stereocenters. The third kappa shape index (κ3) is 6.99. The van der Waals surface area contributed by atoms with Gasteiger partial charge in [-0.15, -0.1) is 12.4 Å². The summed E-state index contributed by atoms with van der Waals surface area (Å²) < 4.78 is 5.24. The van der Waals surface area contributed by atoms with Crippen molar-refractivity contribution in [2.75, 3.05) is 33.3 Å². The van der Waals surface area contributed by atoms with E-state index in [9.17, 15) is 9.59 Å². The number of rotatable bonds is 9. The van der Waals surface area contributed by atoms with E-state index < -0.39 is 0 Å². The Hall–Kier alpha value is -2.09. The van der Waals surface area contributed by atoms with Gasteiger partial charge in [0.1, 0.15) is 5.75 Å². The van der Waals surface area contributed by atoms with E-state index in [4.69, 9.17) is 4.74 Å². The van der Waals surface area contributed by atoms with Gasteiger partial charge in [0.05, 0.1) is 13.2 Å². The van der Waals surface area contributed by atoms with E-state index in [0.717, 1.165) is 56.8 Å². The highest BCUT2D eigenvalue weighted by Gasteiger charge is 2.44. The van der Waals surface area contributed by atoms with Crippen molar-refractivity contribution < 1.29 is 14.3 Å². The molecule has 3 heterocycles. The fourth-order valence-corrected chi connectivity index (χ4v) is 5.82. The zero-order valence-electron chi connectivity index (χ0n) is 21.0. The zero-order chi connectivity index (χ0) is 24.1. The number of carbonyl (C=O) groups excluding carboxylic acids is 2. The van der Waals surface area contributed by atoms with E-state index in [1.807, 2.05) is 43.0 Å². The minimum atomic E-state index is -0.0169. The van der Waals surface area contributed by atoms with Crippen LogP contribution in [-0.4, -0.2) is 54.9 Å². The molecule has 1 N–H and O–H groups in total. The maximum absolute atomic E-state index is 12.8. The number of nitrogens with zero attached hydrogens (tertiary/aromatic N) is 2. The molecular weight excluding hydrogens is 482 g/mol. The minimum Gasteiger partial charge on any atom is -0.497 e. The average molecular weight is 520 g/mol. The van der Waals surface area contributed by atoms with E-state index in [-0.39, 0.29) is 41.6 Å². The molecule has 2 fully saturated rings. The second kappa shape index (κ2) is 12.2. The fourth-order valence-electron chi connectivity index (χ4n) is 5.11. The van der Waals surface area contributed by atoms with Crippen molar-refractivity contribution in [2.24, 2.45) is 11.3 Å². The van der Waals surface area contributed by atoms with Gasteiger partial charge in [-0.25, -0.2) is 0 Å². The van der Waals surface area contributed by atoms with E-state index in [1.165, 1.54) is 5.56 Å². The number of amides is 2. The molecule has 1 aromatic carbocycles. The molecule has 2 saturated heterocycles. The summed E-state index contributed by atoms with van der Waals surface area (Å²) in [6.45, 7) is 8.38. The number of thiophene rings is 1. The summed E-state index contributed by atoms with van der Waals surface area (Å²) in [6.07, 6.45) is 3.68. The van der Waals surface area contributed by atoms with Gasteiger partial charge in [-0.05, 0) is 77.9 Å². The summed E-state index contributed by atoms with van der Waals surface area (Å²) in [7, 11) is 1.67. The second-order valence-corrected chi connectivity index (χ2v) is 11.0.